The number of benzene rings is 3. The molecule has 1 amide bonds. The molecule has 0 aliphatic heterocycles. The highest BCUT2D eigenvalue weighted by Crippen LogP contribution is 2.28. The molecule has 3 aromatic carbocycles. The molecule has 7 nitrogen and oxygen atoms in total. The minimum atomic E-state index is -3.80. The van der Waals surface area contributed by atoms with Crippen LogP contribution in [0.25, 0.3) is 0 Å². The van der Waals surface area contributed by atoms with Crippen molar-refractivity contribution in [3.63, 3.8) is 0 Å². The van der Waals surface area contributed by atoms with Crippen LogP contribution in [-0.2, 0) is 16.4 Å². The highest BCUT2D eigenvalue weighted by molar-refractivity contribution is 7.92. The summed E-state index contributed by atoms with van der Waals surface area (Å²) in [5.74, 6) is 0.905. The topological polar surface area (TPSA) is 84.9 Å². The summed E-state index contributed by atoms with van der Waals surface area (Å²) in [5.41, 5.74) is 1.56. The number of hydrogen-bond donors (Lipinski definition) is 1. The van der Waals surface area contributed by atoms with E-state index in [0.717, 1.165) is 9.87 Å². The number of carbonyl (C=O) groups excluding carboxylic acids is 1. The first-order valence-corrected chi connectivity index (χ1v) is 11.4. The molecule has 0 aromatic heterocycles. The van der Waals surface area contributed by atoms with Crippen molar-refractivity contribution in [1.29, 1.82) is 0 Å². The van der Waals surface area contributed by atoms with Crippen LogP contribution in [0.3, 0.4) is 0 Å². The highest BCUT2D eigenvalue weighted by Gasteiger charge is 2.24. The molecule has 0 unspecified atom stereocenters. The Morgan fingerprint density at radius 2 is 1.56 bits per heavy atom. The van der Waals surface area contributed by atoms with Gasteiger partial charge in [-0.1, -0.05) is 36.4 Å². The molecule has 32 heavy (non-hydrogen) atoms. The van der Waals surface area contributed by atoms with Crippen molar-refractivity contribution < 1.29 is 22.7 Å². The summed E-state index contributed by atoms with van der Waals surface area (Å²) in [6.07, 6.45) is 0.576. The standard InChI is InChI=1S/C24H26N2O5S/c1-26(32(28,29)19-9-5-4-6-10-19)21-12-8-7-11-20(21)24(27)25-16-15-18-13-14-22(30-2)23(17-18)31-3/h4-14,17H,15-16H2,1-3H3,(H,25,27). The van der Waals surface area contributed by atoms with Crippen LogP contribution in [0.2, 0.25) is 0 Å². The Balaban J connectivity index is 1.73. The fourth-order valence-corrected chi connectivity index (χ4v) is 4.51. The van der Waals surface area contributed by atoms with Gasteiger partial charge in [-0.05, 0) is 48.4 Å². The second-order valence-electron chi connectivity index (χ2n) is 7.00. The number of sulfonamides is 1. The molecule has 0 fully saturated rings. The number of anilines is 1. The minimum absolute atomic E-state index is 0.158. The van der Waals surface area contributed by atoms with Crippen molar-refractivity contribution in [3.8, 4) is 11.5 Å². The van der Waals surface area contributed by atoms with Crippen LogP contribution in [0.5, 0.6) is 11.5 Å². The van der Waals surface area contributed by atoms with Gasteiger partial charge in [0.25, 0.3) is 15.9 Å². The molecule has 0 bridgehead atoms. The van der Waals surface area contributed by atoms with E-state index >= 15 is 0 Å². The molecule has 0 saturated carbocycles. The van der Waals surface area contributed by atoms with Crippen LogP contribution in [0.15, 0.2) is 77.7 Å². The van der Waals surface area contributed by atoms with E-state index in [0.29, 0.717) is 30.2 Å². The molecule has 0 saturated heterocycles. The number of rotatable bonds is 9. The first-order chi connectivity index (χ1) is 15.4. The van der Waals surface area contributed by atoms with E-state index < -0.39 is 10.0 Å². The van der Waals surface area contributed by atoms with Gasteiger partial charge in [-0.15, -0.1) is 0 Å². The SMILES string of the molecule is COc1ccc(CCNC(=O)c2ccccc2N(C)S(=O)(=O)c2ccccc2)cc1OC. The van der Waals surface area contributed by atoms with Gasteiger partial charge in [0.1, 0.15) is 0 Å². The van der Waals surface area contributed by atoms with Crippen molar-refractivity contribution in [3.05, 3.63) is 83.9 Å². The van der Waals surface area contributed by atoms with Crippen molar-refractivity contribution in [2.24, 2.45) is 0 Å². The highest BCUT2D eigenvalue weighted by atomic mass is 32.2. The number of para-hydroxylation sites is 1. The zero-order chi connectivity index (χ0) is 23.1. The van der Waals surface area contributed by atoms with Gasteiger partial charge in [0.05, 0.1) is 30.4 Å². The van der Waals surface area contributed by atoms with Crippen LogP contribution in [0.1, 0.15) is 15.9 Å². The summed E-state index contributed by atoms with van der Waals surface area (Å²) in [7, 11) is 0.788. The molecule has 0 aliphatic carbocycles. The maximum Gasteiger partial charge on any atom is 0.264 e. The van der Waals surface area contributed by atoms with Crippen LogP contribution >= 0.6 is 0 Å². The molecule has 1 N–H and O–H groups in total. The summed E-state index contributed by atoms with van der Waals surface area (Å²) in [6.45, 7) is 0.373. The van der Waals surface area contributed by atoms with Gasteiger partial charge in [-0.25, -0.2) is 8.42 Å². The number of hydrogen-bond acceptors (Lipinski definition) is 5. The fourth-order valence-electron chi connectivity index (χ4n) is 3.27. The molecule has 0 spiro atoms. The van der Waals surface area contributed by atoms with Gasteiger partial charge in [-0.2, -0.15) is 0 Å². The molecule has 3 aromatic rings. The van der Waals surface area contributed by atoms with Crippen LogP contribution < -0.4 is 19.1 Å². The third kappa shape index (κ3) is 5.03. The van der Waals surface area contributed by atoms with E-state index in [1.54, 1.807) is 56.7 Å². The molecule has 3 rings (SSSR count). The van der Waals surface area contributed by atoms with E-state index in [9.17, 15) is 13.2 Å². The molecular weight excluding hydrogens is 428 g/mol. The maximum atomic E-state index is 13.0. The van der Waals surface area contributed by atoms with Crippen LogP contribution in [0.4, 0.5) is 5.69 Å². The van der Waals surface area contributed by atoms with Crippen molar-refractivity contribution in [2.75, 3.05) is 32.1 Å². The second kappa shape index (κ2) is 10.2. The van der Waals surface area contributed by atoms with Crippen LogP contribution in [-0.4, -0.2) is 42.1 Å². The molecule has 0 aliphatic rings. The predicted molar refractivity (Wildman–Crippen MR) is 124 cm³/mol. The largest absolute Gasteiger partial charge is 0.493 e. The number of carbonyl (C=O) groups is 1. The van der Waals surface area contributed by atoms with E-state index in [-0.39, 0.29) is 16.4 Å². The molecule has 0 atom stereocenters. The Labute approximate surface area is 188 Å². The third-order valence-corrected chi connectivity index (χ3v) is 6.82. The Morgan fingerprint density at radius 3 is 2.25 bits per heavy atom. The van der Waals surface area contributed by atoms with Crippen molar-refractivity contribution in [2.45, 2.75) is 11.3 Å². The third-order valence-electron chi connectivity index (χ3n) is 5.04. The molecule has 8 heteroatoms. The molecule has 0 heterocycles. The van der Waals surface area contributed by atoms with Gasteiger partial charge in [-0.3, -0.25) is 9.10 Å². The van der Waals surface area contributed by atoms with E-state index in [2.05, 4.69) is 5.32 Å². The average molecular weight is 455 g/mol. The zero-order valence-electron chi connectivity index (χ0n) is 18.2. The Morgan fingerprint density at radius 1 is 0.906 bits per heavy atom. The predicted octanol–water partition coefficient (Wildman–Crippen LogP) is 3.50. The lowest BCUT2D eigenvalue weighted by atomic mass is 10.1. The van der Waals surface area contributed by atoms with E-state index in [1.165, 1.54) is 19.2 Å². The van der Waals surface area contributed by atoms with Gasteiger partial charge in [0.2, 0.25) is 0 Å². The summed E-state index contributed by atoms with van der Waals surface area (Å²) in [5, 5.41) is 2.87. The Bertz CT molecular complexity index is 1180. The Kier molecular flexibility index (Phi) is 7.37. The summed E-state index contributed by atoms with van der Waals surface area (Å²) in [4.78, 5) is 13.0. The van der Waals surface area contributed by atoms with E-state index in [1.807, 2.05) is 18.2 Å². The second-order valence-corrected chi connectivity index (χ2v) is 8.97. The number of amides is 1. The summed E-state index contributed by atoms with van der Waals surface area (Å²) in [6, 6.07) is 20.3. The van der Waals surface area contributed by atoms with Gasteiger partial charge in [0.15, 0.2) is 11.5 Å². The lowest BCUT2D eigenvalue weighted by Crippen LogP contribution is -2.31. The lowest BCUT2D eigenvalue weighted by Gasteiger charge is -2.22. The van der Waals surface area contributed by atoms with Crippen molar-refractivity contribution in [1.82, 2.24) is 5.32 Å². The number of nitrogens with zero attached hydrogens (tertiary/aromatic N) is 1. The maximum absolute atomic E-state index is 13.0. The zero-order valence-corrected chi connectivity index (χ0v) is 19.1. The van der Waals surface area contributed by atoms with Gasteiger partial charge >= 0.3 is 0 Å². The minimum Gasteiger partial charge on any atom is -0.493 e. The first-order valence-electron chi connectivity index (χ1n) is 10.0. The van der Waals surface area contributed by atoms with Gasteiger partial charge in [0, 0.05) is 13.6 Å². The number of methoxy groups -OCH3 is 2. The molecule has 168 valence electrons. The number of ether oxygens (including phenoxy) is 2. The molecule has 0 radical (unpaired) electrons. The van der Waals surface area contributed by atoms with Crippen molar-refractivity contribution >= 4 is 21.6 Å². The van der Waals surface area contributed by atoms with Crippen LogP contribution in [0, 0.1) is 0 Å². The van der Waals surface area contributed by atoms with Gasteiger partial charge < -0.3 is 14.8 Å². The summed E-state index contributed by atoms with van der Waals surface area (Å²) < 4.78 is 37.7. The average Bonchev–Trinajstić information content (AvgIpc) is 2.83. The lowest BCUT2D eigenvalue weighted by molar-refractivity contribution is 0.0955. The Hall–Kier alpha value is -3.52. The number of nitrogens with one attached hydrogen (secondary N) is 1. The monoisotopic (exact) mass is 454 g/mol. The first kappa shape index (κ1) is 23.1. The molecular formula is C24H26N2O5S. The van der Waals surface area contributed by atoms with E-state index in [4.69, 9.17) is 9.47 Å². The fraction of sp³-hybridized carbons (Fsp3) is 0.208. The summed E-state index contributed by atoms with van der Waals surface area (Å²) >= 11 is 0. The normalized spacial score (nSPS) is 11.0. The quantitative estimate of drug-likeness (QED) is 0.535. The smallest absolute Gasteiger partial charge is 0.264 e.